The molecule has 1 amide bonds. The molecule has 0 fully saturated rings. The third-order valence-electron chi connectivity index (χ3n) is 2.28. The Morgan fingerprint density at radius 2 is 2.07 bits per heavy atom. The van der Waals surface area contributed by atoms with Gasteiger partial charge in [-0.15, -0.1) is 0 Å². The van der Waals surface area contributed by atoms with E-state index >= 15 is 0 Å². The smallest absolute Gasteiger partial charge is 0.200 e. The Bertz CT molecular complexity index is 303. The van der Waals surface area contributed by atoms with Crippen LogP contribution in [0.15, 0.2) is 30.3 Å². The molecule has 0 aliphatic rings. The molecule has 0 saturated carbocycles. The number of rotatable bonds is 5. The molecule has 0 bridgehead atoms. The van der Waals surface area contributed by atoms with Crippen LogP contribution in [0, 0.1) is 0 Å². The molecule has 0 aliphatic heterocycles. The van der Waals surface area contributed by atoms with Crippen molar-refractivity contribution in [3.8, 4) is 0 Å². The van der Waals surface area contributed by atoms with Gasteiger partial charge in [0.1, 0.15) is 0 Å². The third-order valence-corrected chi connectivity index (χ3v) is 2.28. The van der Waals surface area contributed by atoms with Gasteiger partial charge in [-0.1, -0.05) is 30.3 Å². The first-order valence-corrected chi connectivity index (χ1v) is 4.93. The average Bonchev–Trinajstić information content (AvgIpc) is 2.25. The molecule has 1 atom stereocenters. The van der Waals surface area contributed by atoms with Crippen LogP contribution in [-0.4, -0.2) is 31.9 Å². The number of aliphatic hydroxyl groups excluding tert-OH is 1. The highest BCUT2D eigenvalue weighted by Crippen LogP contribution is 2.17. The summed E-state index contributed by atoms with van der Waals surface area (Å²) in [7, 11) is 4.95. The number of amides is 1. The van der Waals surface area contributed by atoms with E-state index in [9.17, 15) is 9.90 Å². The van der Waals surface area contributed by atoms with Crippen molar-refractivity contribution in [1.82, 2.24) is 5.32 Å². The Labute approximate surface area is 90.9 Å². The predicted molar refractivity (Wildman–Crippen MR) is 60.0 cm³/mol. The molecule has 2 N–H and O–H groups in total. The molecule has 0 spiro atoms. The summed E-state index contributed by atoms with van der Waals surface area (Å²) in [5.41, 5.74) is 1.08. The Kier molecular flexibility index (Phi) is 4.91. The Morgan fingerprint density at radius 3 is 2.60 bits per heavy atom. The van der Waals surface area contributed by atoms with Crippen LogP contribution in [0.4, 0.5) is 4.79 Å². The van der Waals surface area contributed by atoms with Crippen LogP contribution in [0.3, 0.4) is 0 Å². The fourth-order valence-corrected chi connectivity index (χ4v) is 1.46. The van der Waals surface area contributed by atoms with Gasteiger partial charge in [-0.2, -0.15) is 0 Å². The van der Waals surface area contributed by atoms with Crippen LogP contribution in [0.5, 0.6) is 0 Å². The topological polar surface area (TPSA) is 49.3 Å². The van der Waals surface area contributed by atoms with Crippen LogP contribution in [-0.2, 0) is 0 Å². The van der Waals surface area contributed by atoms with E-state index in [-0.39, 0.29) is 12.5 Å². The molecule has 0 aliphatic carbocycles. The first kappa shape index (κ1) is 11.8. The Morgan fingerprint density at radius 1 is 1.40 bits per heavy atom. The van der Waals surface area contributed by atoms with Gasteiger partial charge in [0, 0.05) is 19.1 Å². The van der Waals surface area contributed by atoms with Crippen molar-refractivity contribution < 1.29 is 9.90 Å². The second kappa shape index (κ2) is 6.25. The standard InChI is InChI=1S/C11H14BNO2/c12-11(15)13-7-6-10(8-14)9-4-2-1-3-5-9/h1-5,10,14H,6-8H2,(H,13,15). The Hall–Kier alpha value is -1.29. The van der Waals surface area contributed by atoms with Crippen molar-refractivity contribution in [1.29, 1.82) is 0 Å². The summed E-state index contributed by atoms with van der Waals surface area (Å²) in [6.45, 7) is 0.555. The lowest BCUT2D eigenvalue weighted by atomic mass is 9.96. The predicted octanol–water partition coefficient (Wildman–Crippen LogP) is 1.03. The number of carbonyl (C=O) groups excluding carboxylic acids is 1. The minimum atomic E-state index is -0.528. The molecule has 0 heterocycles. The first-order chi connectivity index (χ1) is 7.24. The molecule has 2 radical (unpaired) electrons. The highest BCUT2D eigenvalue weighted by molar-refractivity contribution is 6.57. The van der Waals surface area contributed by atoms with Gasteiger partial charge in [0.25, 0.3) is 0 Å². The minimum absolute atomic E-state index is 0.0537. The molecule has 1 aromatic carbocycles. The second-order valence-corrected chi connectivity index (χ2v) is 3.37. The SMILES string of the molecule is [B]C(=O)NCCC(CO)c1ccccc1. The summed E-state index contributed by atoms with van der Waals surface area (Å²) in [6.07, 6.45) is 0.684. The van der Waals surface area contributed by atoms with Gasteiger partial charge in [0.05, 0.1) is 0 Å². The van der Waals surface area contributed by atoms with E-state index < -0.39 is 5.81 Å². The molecule has 4 heteroatoms. The second-order valence-electron chi connectivity index (χ2n) is 3.37. The summed E-state index contributed by atoms with van der Waals surface area (Å²) in [6, 6.07) is 9.72. The van der Waals surface area contributed by atoms with Crippen molar-refractivity contribution in [3.63, 3.8) is 0 Å². The summed E-state index contributed by atoms with van der Waals surface area (Å²) >= 11 is 0. The maximum absolute atomic E-state index is 10.5. The monoisotopic (exact) mass is 203 g/mol. The number of hydrogen-bond acceptors (Lipinski definition) is 2. The zero-order valence-electron chi connectivity index (χ0n) is 8.52. The molecular formula is C11H14BNO2. The van der Waals surface area contributed by atoms with Gasteiger partial charge in [0.2, 0.25) is 0 Å². The van der Waals surface area contributed by atoms with Crippen LogP contribution in [0.25, 0.3) is 0 Å². The quantitative estimate of drug-likeness (QED) is 0.702. The summed E-state index contributed by atoms with van der Waals surface area (Å²) in [5, 5.41) is 11.7. The van der Waals surface area contributed by atoms with E-state index in [4.69, 9.17) is 7.85 Å². The van der Waals surface area contributed by atoms with Gasteiger partial charge in [-0.05, 0) is 12.0 Å². The van der Waals surface area contributed by atoms with E-state index in [1.807, 2.05) is 30.3 Å². The molecule has 1 aromatic rings. The largest absolute Gasteiger partial charge is 0.396 e. The van der Waals surface area contributed by atoms with Gasteiger partial charge in [-0.25, -0.2) is 0 Å². The normalized spacial score (nSPS) is 12.1. The van der Waals surface area contributed by atoms with Gasteiger partial charge >= 0.3 is 0 Å². The lowest BCUT2D eigenvalue weighted by molar-refractivity contribution is 0.250. The van der Waals surface area contributed by atoms with Crippen LogP contribution in [0.2, 0.25) is 0 Å². The van der Waals surface area contributed by atoms with Crippen LogP contribution in [0.1, 0.15) is 17.9 Å². The van der Waals surface area contributed by atoms with E-state index in [1.54, 1.807) is 0 Å². The van der Waals surface area contributed by atoms with Crippen LogP contribution >= 0.6 is 0 Å². The zero-order valence-corrected chi connectivity index (χ0v) is 8.52. The lowest BCUT2D eigenvalue weighted by Crippen LogP contribution is -2.24. The van der Waals surface area contributed by atoms with E-state index in [0.29, 0.717) is 13.0 Å². The van der Waals surface area contributed by atoms with Crippen molar-refractivity contribution in [2.45, 2.75) is 12.3 Å². The van der Waals surface area contributed by atoms with Crippen molar-refractivity contribution in [3.05, 3.63) is 35.9 Å². The lowest BCUT2D eigenvalue weighted by Gasteiger charge is -2.14. The average molecular weight is 203 g/mol. The van der Waals surface area contributed by atoms with Crippen LogP contribution < -0.4 is 5.32 Å². The summed E-state index contributed by atoms with van der Waals surface area (Å²) in [5.74, 6) is -0.474. The van der Waals surface area contributed by atoms with Gasteiger partial charge < -0.3 is 10.4 Å². The minimum Gasteiger partial charge on any atom is -0.396 e. The maximum Gasteiger partial charge on any atom is 0.200 e. The number of aliphatic hydroxyl groups is 1. The van der Waals surface area contributed by atoms with Crippen molar-refractivity contribution in [2.24, 2.45) is 0 Å². The number of hydrogen-bond donors (Lipinski definition) is 2. The highest BCUT2D eigenvalue weighted by Gasteiger charge is 2.09. The van der Waals surface area contributed by atoms with Crippen molar-refractivity contribution >= 4 is 13.7 Å². The molecule has 0 aromatic heterocycles. The van der Waals surface area contributed by atoms with Crippen molar-refractivity contribution in [2.75, 3.05) is 13.2 Å². The molecule has 3 nitrogen and oxygen atoms in total. The summed E-state index contributed by atoms with van der Waals surface area (Å²) < 4.78 is 0. The molecular weight excluding hydrogens is 189 g/mol. The van der Waals surface area contributed by atoms with E-state index in [1.165, 1.54) is 0 Å². The molecule has 1 rings (SSSR count). The number of benzene rings is 1. The molecule has 15 heavy (non-hydrogen) atoms. The number of carbonyl (C=O) groups is 1. The maximum atomic E-state index is 10.5. The molecule has 1 unspecified atom stereocenters. The molecule has 0 saturated heterocycles. The third kappa shape index (κ3) is 4.17. The van der Waals surface area contributed by atoms with E-state index in [2.05, 4.69) is 5.32 Å². The summed E-state index contributed by atoms with van der Waals surface area (Å²) in [4.78, 5) is 10.5. The van der Waals surface area contributed by atoms with E-state index in [0.717, 1.165) is 5.56 Å². The fourth-order valence-electron chi connectivity index (χ4n) is 1.46. The number of nitrogens with one attached hydrogen (secondary N) is 1. The molecule has 78 valence electrons. The zero-order chi connectivity index (χ0) is 11.1. The first-order valence-electron chi connectivity index (χ1n) is 4.93. The highest BCUT2D eigenvalue weighted by atomic mass is 16.3. The Balaban J connectivity index is 2.46. The van der Waals surface area contributed by atoms with Gasteiger partial charge in [-0.3, -0.25) is 4.79 Å². The fraction of sp³-hybridized carbons (Fsp3) is 0.364. The van der Waals surface area contributed by atoms with Gasteiger partial charge in [0.15, 0.2) is 13.7 Å².